The van der Waals surface area contributed by atoms with E-state index in [0.29, 0.717) is 12.1 Å². The van der Waals surface area contributed by atoms with Crippen LogP contribution in [0.15, 0.2) is 0 Å². The van der Waals surface area contributed by atoms with Gasteiger partial charge in [0.1, 0.15) is 0 Å². The summed E-state index contributed by atoms with van der Waals surface area (Å²) in [6.45, 7) is 6.37. The number of ether oxygens (including phenoxy) is 1. The molecule has 0 heterocycles. The lowest BCUT2D eigenvalue weighted by Gasteiger charge is -2.24. The zero-order valence-corrected chi connectivity index (χ0v) is 8.68. The minimum atomic E-state index is 0.0211. The molecule has 0 spiro atoms. The Bertz CT molecular complexity index is 139. The van der Waals surface area contributed by atoms with Crippen LogP contribution in [0.3, 0.4) is 0 Å². The van der Waals surface area contributed by atoms with Gasteiger partial charge >= 0.3 is 0 Å². The van der Waals surface area contributed by atoms with Crippen molar-refractivity contribution in [3.05, 3.63) is 0 Å². The number of hydrogen-bond donors (Lipinski definition) is 1. The molecule has 1 fully saturated rings. The molecule has 0 aromatic rings. The molecule has 12 heavy (non-hydrogen) atoms. The van der Waals surface area contributed by atoms with Crippen molar-refractivity contribution >= 4 is 0 Å². The van der Waals surface area contributed by atoms with Crippen LogP contribution in [0.2, 0.25) is 0 Å². The van der Waals surface area contributed by atoms with E-state index < -0.39 is 0 Å². The molecule has 1 N–H and O–H groups in total. The third kappa shape index (κ3) is 3.11. The smallest absolute Gasteiger partial charge is 0.0602 e. The Hall–Kier alpha value is -0.0800. The Morgan fingerprint density at radius 1 is 1.25 bits per heavy atom. The van der Waals surface area contributed by atoms with Crippen molar-refractivity contribution in [2.24, 2.45) is 0 Å². The highest BCUT2D eigenvalue weighted by molar-refractivity contribution is 4.81. The van der Waals surface area contributed by atoms with Gasteiger partial charge in [0.25, 0.3) is 0 Å². The number of hydrogen-bond acceptors (Lipinski definition) is 2. The Balaban J connectivity index is 2.28. The van der Waals surface area contributed by atoms with Gasteiger partial charge in [-0.1, -0.05) is 0 Å². The molecule has 72 valence electrons. The van der Waals surface area contributed by atoms with Crippen molar-refractivity contribution in [3.63, 3.8) is 0 Å². The van der Waals surface area contributed by atoms with Crippen molar-refractivity contribution in [2.45, 2.75) is 57.8 Å². The zero-order valence-electron chi connectivity index (χ0n) is 8.68. The monoisotopic (exact) mass is 171 g/mol. The van der Waals surface area contributed by atoms with Gasteiger partial charge in [-0.05, 0) is 47.1 Å². The van der Waals surface area contributed by atoms with Crippen LogP contribution < -0.4 is 5.32 Å². The maximum Gasteiger partial charge on any atom is 0.0602 e. The van der Waals surface area contributed by atoms with E-state index in [-0.39, 0.29) is 5.60 Å². The van der Waals surface area contributed by atoms with E-state index >= 15 is 0 Å². The molecular formula is C10H21NO. The predicted molar refractivity (Wildman–Crippen MR) is 51.3 cm³/mol. The fourth-order valence-corrected chi connectivity index (χ4v) is 1.81. The summed E-state index contributed by atoms with van der Waals surface area (Å²) in [5, 5.41) is 3.30. The third-order valence-electron chi connectivity index (χ3n) is 2.31. The van der Waals surface area contributed by atoms with Gasteiger partial charge in [0.15, 0.2) is 0 Å². The van der Waals surface area contributed by atoms with Gasteiger partial charge in [-0.25, -0.2) is 0 Å². The van der Waals surface area contributed by atoms with Crippen molar-refractivity contribution in [3.8, 4) is 0 Å². The fraction of sp³-hybridized carbons (Fsp3) is 1.00. The fourth-order valence-electron chi connectivity index (χ4n) is 1.81. The molecular weight excluding hydrogens is 150 g/mol. The van der Waals surface area contributed by atoms with Gasteiger partial charge in [-0.3, -0.25) is 0 Å². The summed E-state index contributed by atoms with van der Waals surface area (Å²) in [5.41, 5.74) is 0.0211. The first-order chi connectivity index (χ1) is 5.51. The molecule has 0 amide bonds. The van der Waals surface area contributed by atoms with E-state index in [9.17, 15) is 0 Å². The molecule has 0 aromatic carbocycles. The highest BCUT2D eigenvalue weighted by atomic mass is 16.5. The second kappa shape index (κ2) is 3.75. The predicted octanol–water partition coefficient (Wildman–Crippen LogP) is 1.94. The van der Waals surface area contributed by atoms with Crippen molar-refractivity contribution < 1.29 is 4.74 Å². The normalized spacial score (nSPS) is 31.0. The summed E-state index contributed by atoms with van der Waals surface area (Å²) < 4.78 is 5.89. The first-order valence-electron chi connectivity index (χ1n) is 4.86. The van der Waals surface area contributed by atoms with E-state index in [1.54, 1.807) is 0 Å². The van der Waals surface area contributed by atoms with Gasteiger partial charge in [0, 0.05) is 6.04 Å². The highest BCUT2D eigenvalue weighted by Gasteiger charge is 2.27. The minimum absolute atomic E-state index is 0.0211. The second-order valence-corrected chi connectivity index (χ2v) is 4.65. The summed E-state index contributed by atoms with van der Waals surface area (Å²) in [6, 6.07) is 0.678. The molecule has 2 heteroatoms. The van der Waals surface area contributed by atoms with Crippen LogP contribution in [-0.2, 0) is 4.74 Å². The standard InChI is InChI=1S/C10H21NO/c1-10(2,3)12-9-6-5-8(7-9)11-4/h8-9,11H,5-7H2,1-4H3. The Morgan fingerprint density at radius 3 is 2.33 bits per heavy atom. The van der Waals surface area contributed by atoms with Gasteiger partial charge in [-0.2, -0.15) is 0 Å². The summed E-state index contributed by atoms with van der Waals surface area (Å²) in [4.78, 5) is 0. The van der Waals surface area contributed by atoms with Gasteiger partial charge in [0.05, 0.1) is 11.7 Å². The van der Waals surface area contributed by atoms with Crippen molar-refractivity contribution in [2.75, 3.05) is 7.05 Å². The van der Waals surface area contributed by atoms with Crippen LogP contribution in [0, 0.1) is 0 Å². The van der Waals surface area contributed by atoms with Crippen LogP contribution in [-0.4, -0.2) is 24.8 Å². The molecule has 1 aliphatic carbocycles. The van der Waals surface area contributed by atoms with Crippen LogP contribution >= 0.6 is 0 Å². The molecule has 0 bridgehead atoms. The maximum atomic E-state index is 5.89. The molecule has 0 radical (unpaired) electrons. The molecule has 0 saturated heterocycles. The number of nitrogens with one attached hydrogen (secondary N) is 1. The minimum Gasteiger partial charge on any atom is -0.373 e. The van der Waals surface area contributed by atoms with Crippen LogP contribution in [0.4, 0.5) is 0 Å². The van der Waals surface area contributed by atoms with E-state index in [2.05, 4.69) is 26.1 Å². The summed E-state index contributed by atoms with van der Waals surface area (Å²) in [6.07, 6.45) is 4.12. The molecule has 1 saturated carbocycles. The van der Waals surface area contributed by atoms with E-state index in [0.717, 1.165) is 0 Å². The lowest BCUT2D eigenvalue weighted by molar-refractivity contribution is -0.0565. The second-order valence-electron chi connectivity index (χ2n) is 4.65. The van der Waals surface area contributed by atoms with Gasteiger partial charge in [-0.15, -0.1) is 0 Å². The Kier molecular flexibility index (Phi) is 3.13. The zero-order chi connectivity index (χ0) is 9.19. The first-order valence-corrected chi connectivity index (χ1v) is 4.86. The topological polar surface area (TPSA) is 21.3 Å². The van der Waals surface area contributed by atoms with Crippen LogP contribution in [0.25, 0.3) is 0 Å². The maximum absolute atomic E-state index is 5.89. The van der Waals surface area contributed by atoms with Crippen molar-refractivity contribution in [1.82, 2.24) is 5.32 Å². The Labute approximate surface area is 75.7 Å². The average molecular weight is 171 g/mol. The lowest BCUT2D eigenvalue weighted by Crippen LogP contribution is -2.28. The molecule has 2 atom stereocenters. The van der Waals surface area contributed by atoms with Gasteiger partial charge in [0.2, 0.25) is 0 Å². The third-order valence-corrected chi connectivity index (χ3v) is 2.31. The molecule has 1 aliphatic rings. The summed E-state index contributed by atoms with van der Waals surface area (Å²) in [5.74, 6) is 0. The van der Waals surface area contributed by atoms with Crippen molar-refractivity contribution in [1.29, 1.82) is 0 Å². The molecule has 0 aliphatic heterocycles. The summed E-state index contributed by atoms with van der Waals surface area (Å²) in [7, 11) is 2.03. The van der Waals surface area contributed by atoms with Crippen LogP contribution in [0.5, 0.6) is 0 Å². The molecule has 1 rings (SSSR count). The lowest BCUT2D eigenvalue weighted by atomic mass is 10.1. The highest BCUT2D eigenvalue weighted by Crippen LogP contribution is 2.25. The van der Waals surface area contributed by atoms with E-state index in [1.807, 2.05) is 7.05 Å². The van der Waals surface area contributed by atoms with E-state index in [1.165, 1.54) is 19.3 Å². The SMILES string of the molecule is CNC1CCC(OC(C)(C)C)C1. The average Bonchev–Trinajstić information content (AvgIpc) is 2.32. The van der Waals surface area contributed by atoms with Crippen LogP contribution in [0.1, 0.15) is 40.0 Å². The number of rotatable bonds is 2. The van der Waals surface area contributed by atoms with Gasteiger partial charge < -0.3 is 10.1 Å². The van der Waals surface area contributed by atoms with E-state index in [4.69, 9.17) is 4.74 Å². The largest absolute Gasteiger partial charge is 0.373 e. The molecule has 2 unspecified atom stereocenters. The molecule has 2 nitrogen and oxygen atoms in total. The molecule has 0 aromatic heterocycles. The first kappa shape index (κ1) is 10.0. The Morgan fingerprint density at radius 2 is 1.92 bits per heavy atom. The quantitative estimate of drug-likeness (QED) is 0.685. The summed E-state index contributed by atoms with van der Waals surface area (Å²) >= 11 is 0.